The van der Waals surface area contributed by atoms with E-state index in [9.17, 15) is 4.39 Å². The second-order valence-electron chi connectivity index (χ2n) is 4.48. The summed E-state index contributed by atoms with van der Waals surface area (Å²) < 4.78 is 14.6. The zero-order chi connectivity index (χ0) is 14.4. The van der Waals surface area contributed by atoms with Crippen molar-refractivity contribution in [2.45, 2.75) is 26.2 Å². The molecular formula is C14H17BrFN3S. The molecule has 6 heteroatoms. The van der Waals surface area contributed by atoms with E-state index in [-0.39, 0.29) is 5.82 Å². The highest BCUT2D eigenvalue weighted by Crippen LogP contribution is 2.29. The molecule has 0 fully saturated rings. The first-order chi connectivity index (χ1) is 9.70. The molecule has 0 aliphatic heterocycles. The molecule has 3 nitrogen and oxygen atoms in total. The number of nitrogens with one attached hydrogen (secondary N) is 1. The summed E-state index contributed by atoms with van der Waals surface area (Å²) in [7, 11) is 0. The fourth-order valence-corrected chi connectivity index (χ4v) is 3.05. The van der Waals surface area contributed by atoms with Crippen LogP contribution in [0.5, 0.6) is 0 Å². The summed E-state index contributed by atoms with van der Waals surface area (Å²) in [5.41, 5.74) is 0.507. The van der Waals surface area contributed by atoms with E-state index in [1.807, 2.05) is 0 Å². The Kier molecular flexibility index (Phi) is 6.06. The number of aromatic nitrogens is 2. The standard InChI is InChI=1S/C14H17BrFN3S/c1-2-7-17-8-3-4-13-18-19-14(20-13)11-9-10(15)5-6-12(11)16/h5-6,9,17H,2-4,7-8H2,1H3. The molecule has 0 saturated heterocycles. The molecule has 1 heterocycles. The van der Waals surface area contributed by atoms with E-state index in [0.29, 0.717) is 10.6 Å². The zero-order valence-electron chi connectivity index (χ0n) is 11.3. The van der Waals surface area contributed by atoms with Crippen molar-refractivity contribution in [3.8, 4) is 10.6 Å². The fourth-order valence-electron chi connectivity index (χ4n) is 1.79. The van der Waals surface area contributed by atoms with Gasteiger partial charge in [0, 0.05) is 16.5 Å². The summed E-state index contributed by atoms with van der Waals surface area (Å²) in [5.74, 6) is -0.263. The van der Waals surface area contributed by atoms with Gasteiger partial charge in [0.2, 0.25) is 0 Å². The van der Waals surface area contributed by atoms with Crippen LogP contribution in [0, 0.1) is 5.82 Å². The van der Waals surface area contributed by atoms with E-state index in [0.717, 1.165) is 41.8 Å². The van der Waals surface area contributed by atoms with Crippen LogP contribution in [-0.4, -0.2) is 23.3 Å². The van der Waals surface area contributed by atoms with Crippen molar-refractivity contribution in [2.24, 2.45) is 0 Å². The molecule has 2 aromatic rings. The van der Waals surface area contributed by atoms with Crippen LogP contribution in [0.4, 0.5) is 4.39 Å². The Morgan fingerprint density at radius 1 is 1.30 bits per heavy atom. The van der Waals surface area contributed by atoms with Gasteiger partial charge in [0.1, 0.15) is 10.8 Å². The topological polar surface area (TPSA) is 37.8 Å². The van der Waals surface area contributed by atoms with Gasteiger partial charge in [-0.2, -0.15) is 0 Å². The number of hydrogen-bond donors (Lipinski definition) is 1. The van der Waals surface area contributed by atoms with Gasteiger partial charge in [-0.25, -0.2) is 4.39 Å². The molecule has 20 heavy (non-hydrogen) atoms. The van der Waals surface area contributed by atoms with E-state index in [1.165, 1.54) is 17.4 Å². The zero-order valence-corrected chi connectivity index (χ0v) is 13.7. The highest BCUT2D eigenvalue weighted by Gasteiger charge is 2.11. The van der Waals surface area contributed by atoms with Crippen LogP contribution >= 0.6 is 27.3 Å². The smallest absolute Gasteiger partial charge is 0.150 e. The molecule has 0 radical (unpaired) electrons. The van der Waals surface area contributed by atoms with E-state index < -0.39 is 0 Å². The van der Waals surface area contributed by atoms with Crippen molar-refractivity contribution < 1.29 is 4.39 Å². The number of nitrogens with zero attached hydrogens (tertiary/aromatic N) is 2. The quantitative estimate of drug-likeness (QED) is 0.759. The molecule has 0 bridgehead atoms. The summed E-state index contributed by atoms with van der Waals surface area (Å²) in [4.78, 5) is 0. The van der Waals surface area contributed by atoms with Gasteiger partial charge in [-0.15, -0.1) is 10.2 Å². The molecule has 0 aliphatic rings. The van der Waals surface area contributed by atoms with Gasteiger partial charge in [-0.05, 0) is 44.1 Å². The fraction of sp³-hybridized carbons (Fsp3) is 0.429. The van der Waals surface area contributed by atoms with Crippen LogP contribution in [0.25, 0.3) is 10.6 Å². The number of aryl methyl sites for hydroxylation is 1. The van der Waals surface area contributed by atoms with Crippen LogP contribution in [0.15, 0.2) is 22.7 Å². The molecular weight excluding hydrogens is 341 g/mol. The van der Waals surface area contributed by atoms with Crippen LogP contribution in [0.2, 0.25) is 0 Å². The largest absolute Gasteiger partial charge is 0.317 e. The first-order valence-corrected chi connectivity index (χ1v) is 8.30. The molecule has 2 rings (SSSR count). The maximum Gasteiger partial charge on any atom is 0.150 e. The Morgan fingerprint density at radius 3 is 2.95 bits per heavy atom. The second-order valence-corrected chi connectivity index (χ2v) is 6.46. The minimum atomic E-state index is -0.263. The SMILES string of the molecule is CCCNCCCc1nnc(-c2cc(Br)ccc2F)s1. The molecule has 0 spiro atoms. The van der Waals surface area contributed by atoms with Crippen molar-refractivity contribution in [1.82, 2.24) is 15.5 Å². The molecule has 1 aromatic carbocycles. The first-order valence-electron chi connectivity index (χ1n) is 6.69. The Hall–Kier alpha value is -0.850. The van der Waals surface area contributed by atoms with E-state index >= 15 is 0 Å². The molecule has 0 aliphatic carbocycles. The van der Waals surface area contributed by atoms with Gasteiger partial charge in [0.15, 0.2) is 5.01 Å². The highest BCUT2D eigenvalue weighted by atomic mass is 79.9. The lowest BCUT2D eigenvalue weighted by molar-refractivity contribution is 0.630. The van der Waals surface area contributed by atoms with Crippen molar-refractivity contribution in [3.05, 3.63) is 33.5 Å². The molecule has 108 valence electrons. The van der Waals surface area contributed by atoms with Gasteiger partial charge < -0.3 is 5.32 Å². The summed E-state index contributed by atoms with van der Waals surface area (Å²) >= 11 is 4.81. The first kappa shape index (κ1) is 15.5. The van der Waals surface area contributed by atoms with Gasteiger partial charge in [0.25, 0.3) is 0 Å². The average Bonchev–Trinajstić information content (AvgIpc) is 2.90. The Morgan fingerprint density at radius 2 is 2.15 bits per heavy atom. The summed E-state index contributed by atoms with van der Waals surface area (Å²) in [6, 6.07) is 4.86. The third-order valence-corrected chi connectivity index (χ3v) is 4.31. The monoisotopic (exact) mass is 357 g/mol. The van der Waals surface area contributed by atoms with Crippen molar-refractivity contribution in [3.63, 3.8) is 0 Å². The summed E-state index contributed by atoms with van der Waals surface area (Å²) in [6.07, 6.45) is 3.05. The predicted molar refractivity (Wildman–Crippen MR) is 84.5 cm³/mol. The number of halogens is 2. The van der Waals surface area contributed by atoms with Crippen molar-refractivity contribution in [2.75, 3.05) is 13.1 Å². The lowest BCUT2D eigenvalue weighted by Gasteiger charge is -2.00. The summed E-state index contributed by atoms with van der Waals surface area (Å²) in [6.45, 7) is 4.18. The summed E-state index contributed by atoms with van der Waals surface area (Å²) in [5, 5.41) is 13.2. The number of benzene rings is 1. The van der Waals surface area contributed by atoms with Crippen molar-refractivity contribution >= 4 is 27.3 Å². The molecule has 0 atom stereocenters. The molecule has 0 amide bonds. The Labute approximate surface area is 130 Å². The van der Waals surface area contributed by atoms with Gasteiger partial charge in [0.05, 0.1) is 0 Å². The highest BCUT2D eigenvalue weighted by molar-refractivity contribution is 9.10. The van der Waals surface area contributed by atoms with E-state index in [2.05, 4.69) is 38.4 Å². The van der Waals surface area contributed by atoms with Crippen LogP contribution in [0.1, 0.15) is 24.8 Å². The molecule has 1 N–H and O–H groups in total. The van der Waals surface area contributed by atoms with Gasteiger partial charge in [-0.3, -0.25) is 0 Å². The maximum absolute atomic E-state index is 13.8. The van der Waals surface area contributed by atoms with E-state index in [4.69, 9.17) is 0 Å². The number of hydrogen-bond acceptors (Lipinski definition) is 4. The van der Waals surface area contributed by atoms with Crippen molar-refractivity contribution in [1.29, 1.82) is 0 Å². The lowest BCUT2D eigenvalue weighted by atomic mass is 10.2. The average molecular weight is 358 g/mol. The normalized spacial score (nSPS) is 10.9. The third-order valence-electron chi connectivity index (χ3n) is 2.80. The van der Waals surface area contributed by atoms with Gasteiger partial charge >= 0.3 is 0 Å². The van der Waals surface area contributed by atoms with E-state index in [1.54, 1.807) is 12.1 Å². The maximum atomic E-state index is 13.8. The van der Waals surface area contributed by atoms with Gasteiger partial charge in [-0.1, -0.05) is 34.2 Å². The van der Waals surface area contributed by atoms with Crippen LogP contribution < -0.4 is 5.32 Å². The molecule has 0 saturated carbocycles. The third kappa shape index (κ3) is 4.33. The molecule has 1 aromatic heterocycles. The minimum absolute atomic E-state index is 0.263. The van der Waals surface area contributed by atoms with Crippen LogP contribution in [-0.2, 0) is 6.42 Å². The predicted octanol–water partition coefficient (Wildman–Crippen LogP) is 4.04. The van der Waals surface area contributed by atoms with Crippen LogP contribution in [0.3, 0.4) is 0 Å². The lowest BCUT2D eigenvalue weighted by Crippen LogP contribution is -2.16. The second kappa shape index (κ2) is 7.81. The Balaban J connectivity index is 1.96. The number of rotatable bonds is 7. The Bertz CT molecular complexity index is 559. The molecule has 0 unspecified atom stereocenters. The minimum Gasteiger partial charge on any atom is -0.317 e.